The van der Waals surface area contributed by atoms with Gasteiger partial charge >= 0.3 is 5.97 Å². The number of carboxylic acids is 1. The lowest BCUT2D eigenvalue weighted by Gasteiger charge is -2.17. The second-order valence-electron chi connectivity index (χ2n) is 7.04. The van der Waals surface area contributed by atoms with E-state index in [4.69, 9.17) is 14.6 Å². The number of nitrogens with zero attached hydrogens (tertiary/aromatic N) is 1. The number of rotatable bonds is 9. The van der Waals surface area contributed by atoms with Crippen molar-refractivity contribution in [2.45, 2.75) is 33.1 Å². The minimum Gasteiger partial charge on any atom is -0.493 e. The summed E-state index contributed by atoms with van der Waals surface area (Å²) in [6.07, 6.45) is 4.69. The van der Waals surface area contributed by atoms with Gasteiger partial charge in [-0.15, -0.1) is 0 Å². The maximum atomic E-state index is 12.4. The first-order chi connectivity index (χ1) is 14.4. The van der Waals surface area contributed by atoms with Crippen molar-refractivity contribution in [2.75, 3.05) is 19.0 Å². The summed E-state index contributed by atoms with van der Waals surface area (Å²) >= 11 is 0. The number of aryl methyl sites for hydroxylation is 2. The number of pyridine rings is 2. The Labute approximate surface area is 173 Å². The highest BCUT2D eigenvalue weighted by molar-refractivity contribution is 5.97. The number of unbranched alkanes of at least 4 members (excludes halogenated alkanes) is 1. The zero-order valence-corrected chi connectivity index (χ0v) is 17.2. The Morgan fingerprint density at radius 1 is 1.20 bits per heavy atom. The number of aromatic amines is 1. The molecule has 8 nitrogen and oxygen atoms in total. The lowest BCUT2D eigenvalue weighted by Crippen LogP contribution is -2.10. The molecular weight excluding hydrogens is 386 g/mol. The first-order valence-corrected chi connectivity index (χ1v) is 9.67. The number of ether oxygens (including phenoxy) is 2. The number of H-pyrrole nitrogens is 1. The van der Waals surface area contributed by atoms with Crippen LogP contribution in [0.15, 0.2) is 35.4 Å². The van der Waals surface area contributed by atoms with Gasteiger partial charge in [0.1, 0.15) is 0 Å². The Hall–Kier alpha value is -3.55. The predicted molar refractivity (Wildman–Crippen MR) is 115 cm³/mol. The minimum atomic E-state index is -0.834. The molecule has 8 heteroatoms. The van der Waals surface area contributed by atoms with E-state index in [2.05, 4.69) is 15.3 Å². The molecule has 1 aromatic carbocycles. The molecule has 0 aliphatic heterocycles. The molecule has 0 fully saturated rings. The topological polar surface area (TPSA) is 114 Å². The summed E-state index contributed by atoms with van der Waals surface area (Å²) in [5.41, 5.74) is 3.71. The average Bonchev–Trinajstić information content (AvgIpc) is 2.70. The highest BCUT2D eigenvalue weighted by Crippen LogP contribution is 2.37. The minimum absolute atomic E-state index is 0.0889. The Balaban J connectivity index is 1.98. The van der Waals surface area contributed by atoms with Crippen molar-refractivity contribution in [3.63, 3.8) is 0 Å². The maximum absolute atomic E-state index is 12.4. The fourth-order valence-corrected chi connectivity index (χ4v) is 3.27. The number of methoxy groups -OCH3 is 1. The SMILES string of the molecule is COc1ccc2c(Nc3c(C)cncc3C)cc(=O)[nH]c2c1OCCCCC(=O)O. The lowest BCUT2D eigenvalue weighted by atomic mass is 10.1. The van der Waals surface area contributed by atoms with Gasteiger partial charge in [-0.2, -0.15) is 0 Å². The van der Waals surface area contributed by atoms with Crippen LogP contribution in [0.4, 0.5) is 11.4 Å². The molecule has 3 N–H and O–H groups in total. The molecule has 0 atom stereocenters. The van der Waals surface area contributed by atoms with Crippen LogP contribution in [0.1, 0.15) is 30.4 Å². The van der Waals surface area contributed by atoms with Gasteiger partial charge in [-0.3, -0.25) is 14.6 Å². The predicted octanol–water partition coefficient (Wildman–Crippen LogP) is 3.93. The third-order valence-electron chi connectivity index (χ3n) is 4.77. The smallest absolute Gasteiger partial charge is 0.303 e. The molecule has 0 unspecified atom stereocenters. The third-order valence-corrected chi connectivity index (χ3v) is 4.77. The molecule has 158 valence electrons. The van der Waals surface area contributed by atoms with Crippen LogP contribution < -0.4 is 20.3 Å². The first-order valence-electron chi connectivity index (χ1n) is 9.67. The molecule has 2 heterocycles. The molecular formula is C22H25N3O5. The molecule has 0 saturated carbocycles. The molecule has 2 aromatic heterocycles. The monoisotopic (exact) mass is 411 g/mol. The summed E-state index contributed by atoms with van der Waals surface area (Å²) in [5, 5.41) is 12.9. The molecule has 3 aromatic rings. The summed E-state index contributed by atoms with van der Waals surface area (Å²) in [6, 6.07) is 5.14. The van der Waals surface area contributed by atoms with Crippen molar-refractivity contribution in [1.29, 1.82) is 0 Å². The quantitative estimate of drug-likeness (QED) is 0.457. The maximum Gasteiger partial charge on any atom is 0.303 e. The van der Waals surface area contributed by atoms with Crippen LogP contribution in [0.3, 0.4) is 0 Å². The Morgan fingerprint density at radius 2 is 1.93 bits per heavy atom. The van der Waals surface area contributed by atoms with Crippen LogP contribution in [-0.2, 0) is 4.79 Å². The fourth-order valence-electron chi connectivity index (χ4n) is 3.27. The van der Waals surface area contributed by atoms with Crippen LogP contribution in [0.2, 0.25) is 0 Å². The lowest BCUT2D eigenvalue weighted by molar-refractivity contribution is -0.137. The highest BCUT2D eigenvalue weighted by atomic mass is 16.5. The first kappa shape index (κ1) is 21.2. The summed E-state index contributed by atoms with van der Waals surface area (Å²) in [4.78, 5) is 30.1. The van der Waals surface area contributed by atoms with Crippen LogP contribution in [0, 0.1) is 13.8 Å². The van der Waals surface area contributed by atoms with E-state index in [9.17, 15) is 9.59 Å². The number of hydrogen-bond donors (Lipinski definition) is 3. The zero-order chi connectivity index (χ0) is 21.7. The Kier molecular flexibility index (Phi) is 6.56. The van der Waals surface area contributed by atoms with Gasteiger partial charge in [-0.05, 0) is 49.9 Å². The zero-order valence-electron chi connectivity index (χ0n) is 17.2. The molecule has 0 aliphatic carbocycles. The number of aromatic nitrogens is 2. The summed E-state index contributed by atoms with van der Waals surface area (Å²) in [6.45, 7) is 4.21. The van der Waals surface area contributed by atoms with Crippen LogP contribution in [0.25, 0.3) is 10.9 Å². The third kappa shape index (κ3) is 4.71. The van der Waals surface area contributed by atoms with Gasteiger partial charge in [0.05, 0.1) is 24.9 Å². The number of benzene rings is 1. The van der Waals surface area contributed by atoms with E-state index in [1.807, 2.05) is 19.9 Å². The van der Waals surface area contributed by atoms with E-state index >= 15 is 0 Å². The molecule has 0 amide bonds. The Bertz CT molecular complexity index is 1100. The molecule has 0 spiro atoms. The largest absolute Gasteiger partial charge is 0.493 e. The highest BCUT2D eigenvalue weighted by Gasteiger charge is 2.15. The van der Waals surface area contributed by atoms with E-state index in [-0.39, 0.29) is 12.0 Å². The van der Waals surface area contributed by atoms with Crippen molar-refractivity contribution in [3.05, 3.63) is 52.1 Å². The number of hydrogen-bond acceptors (Lipinski definition) is 6. The molecule has 3 rings (SSSR count). The molecule has 0 aliphatic rings. The van der Waals surface area contributed by atoms with E-state index < -0.39 is 5.97 Å². The van der Waals surface area contributed by atoms with E-state index in [1.165, 1.54) is 13.2 Å². The standard InChI is InChI=1S/C22H25N3O5/c1-13-11-23-12-14(2)20(13)24-16-10-18(26)25-21-15(16)7-8-17(29-3)22(21)30-9-5-4-6-19(27)28/h7-8,10-12H,4-6,9H2,1-3H3,(H,27,28)(H2,23,24,25,26). The van der Waals surface area contributed by atoms with Crippen molar-refractivity contribution in [3.8, 4) is 11.5 Å². The number of carbonyl (C=O) groups is 1. The molecule has 0 bridgehead atoms. The number of fused-ring (bicyclic) bond motifs is 1. The molecule has 30 heavy (non-hydrogen) atoms. The van der Waals surface area contributed by atoms with Crippen molar-refractivity contribution in [1.82, 2.24) is 9.97 Å². The Morgan fingerprint density at radius 3 is 2.60 bits per heavy atom. The number of aliphatic carboxylic acids is 1. The second kappa shape index (κ2) is 9.30. The van der Waals surface area contributed by atoms with Gasteiger partial charge in [0, 0.05) is 36.0 Å². The summed E-state index contributed by atoms with van der Waals surface area (Å²) < 4.78 is 11.3. The fraction of sp³-hybridized carbons (Fsp3) is 0.318. The summed E-state index contributed by atoms with van der Waals surface area (Å²) in [5.74, 6) is 0.0820. The average molecular weight is 411 g/mol. The summed E-state index contributed by atoms with van der Waals surface area (Å²) in [7, 11) is 1.53. The van der Waals surface area contributed by atoms with Gasteiger partial charge in [0.25, 0.3) is 5.56 Å². The molecule has 0 radical (unpaired) electrons. The second-order valence-corrected chi connectivity index (χ2v) is 7.04. The van der Waals surface area contributed by atoms with Crippen molar-refractivity contribution >= 4 is 28.2 Å². The van der Waals surface area contributed by atoms with Gasteiger partial charge in [-0.25, -0.2) is 0 Å². The van der Waals surface area contributed by atoms with Crippen LogP contribution in [0.5, 0.6) is 11.5 Å². The van der Waals surface area contributed by atoms with Gasteiger partial charge in [-0.1, -0.05) is 0 Å². The number of anilines is 2. The van der Waals surface area contributed by atoms with E-state index in [0.29, 0.717) is 42.2 Å². The van der Waals surface area contributed by atoms with Gasteiger partial charge in [0.2, 0.25) is 0 Å². The van der Waals surface area contributed by atoms with E-state index in [0.717, 1.165) is 22.2 Å². The van der Waals surface area contributed by atoms with Crippen LogP contribution >= 0.6 is 0 Å². The molecule has 0 saturated heterocycles. The number of carboxylic acid groups (broad SMARTS) is 1. The van der Waals surface area contributed by atoms with Crippen molar-refractivity contribution < 1.29 is 19.4 Å². The normalized spacial score (nSPS) is 10.8. The van der Waals surface area contributed by atoms with E-state index in [1.54, 1.807) is 18.5 Å². The van der Waals surface area contributed by atoms with Gasteiger partial charge < -0.3 is 24.9 Å². The van der Waals surface area contributed by atoms with Crippen LogP contribution in [-0.4, -0.2) is 34.8 Å². The van der Waals surface area contributed by atoms with Crippen molar-refractivity contribution in [2.24, 2.45) is 0 Å². The van der Waals surface area contributed by atoms with Gasteiger partial charge in [0.15, 0.2) is 11.5 Å². The number of nitrogens with one attached hydrogen (secondary N) is 2.